The van der Waals surface area contributed by atoms with Gasteiger partial charge in [0.1, 0.15) is 5.71 Å². The molecule has 2 N–H and O–H groups in total. The van der Waals surface area contributed by atoms with E-state index in [0.29, 0.717) is 5.70 Å². The number of guanidine groups is 1. The Labute approximate surface area is 93.8 Å². The molecule has 0 aromatic heterocycles. The van der Waals surface area contributed by atoms with Crippen LogP contribution in [-0.4, -0.2) is 28.7 Å². The normalized spacial score (nSPS) is 13.6. The van der Waals surface area contributed by atoms with Crippen molar-refractivity contribution in [3.8, 4) is 0 Å². The van der Waals surface area contributed by atoms with Gasteiger partial charge in [0.15, 0.2) is 0 Å². The number of nitrogens with zero attached hydrogens (tertiary/aromatic N) is 2. The van der Waals surface area contributed by atoms with Gasteiger partial charge in [-0.1, -0.05) is 6.08 Å². The van der Waals surface area contributed by atoms with Crippen molar-refractivity contribution in [3.05, 3.63) is 11.8 Å². The lowest BCUT2D eigenvalue weighted by atomic mass is 10.4. The molecule has 0 aromatic rings. The summed E-state index contributed by atoms with van der Waals surface area (Å²) in [4.78, 5) is 29.1. The molecule has 0 saturated carbocycles. The second-order valence-electron chi connectivity index (χ2n) is 3.05. The zero-order valence-corrected chi connectivity index (χ0v) is 9.74. The van der Waals surface area contributed by atoms with Gasteiger partial charge in [0.2, 0.25) is 11.9 Å². The third-order valence-electron chi connectivity index (χ3n) is 1.57. The van der Waals surface area contributed by atoms with Crippen LogP contribution in [0.4, 0.5) is 0 Å². The van der Waals surface area contributed by atoms with Crippen LogP contribution >= 0.6 is 0 Å². The molecule has 0 fully saturated rings. The van der Waals surface area contributed by atoms with Crippen molar-refractivity contribution in [1.29, 1.82) is 0 Å². The van der Waals surface area contributed by atoms with Crippen LogP contribution in [0.25, 0.3) is 0 Å². The molecule has 0 bridgehead atoms. The van der Waals surface area contributed by atoms with Crippen LogP contribution < -0.4 is 5.32 Å². The molecule has 0 aliphatic heterocycles. The maximum atomic E-state index is 10.8. The fourth-order valence-corrected chi connectivity index (χ4v) is 0.677. The van der Waals surface area contributed by atoms with Gasteiger partial charge in [-0.2, -0.15) is 0 Å². The Balaban J connectivity index is 5.11. The minimum Gasteiger partial charge on any atom is -0.477 e. The van der Waals surface area contributed by atoms with Crippen LogP contribution in [0, 0.1) is 0 Å². The number of carboxylic acids is 1. The molecule has 0 spiro atoms. The molecule has 0 saturated heterocycles. The van der Waals surface area contributed by atoms with E-state index in [-0.39, 0.29) is 17.6 Å². The van der Waals surface area contributed by atoms with Crippen LogP contribution in [0.1, 0.15) is 27.7 Å². The third-order valence-corrected chi connectivity index (χ3v) is 1.57. The van der Waals surface area contributed by atoms with Crippen LogP contribution in [0.2, 0.25) is 0 Å². The van der Waals surface area contributed by atoms with E-state index in [9.17, 15) is 9.59 Å². The first-order chi connectivity index (χ1) is 7.36. The Hall–Kier alpha value is -1.98. The van der Waals surface area contributed by atoms with E-state index >= 15 is 0 Å². The van der Waals surface area contributed by atoms with E-state index in [2.05, 4.69) is 15.3 Å². The van der Waals surface area contributed by atoms with Gasteiger partial charge in [0.05, 0.1) is 0 Å². The molecule has 0 aliphatic rings. The van der Waals surface area contributed by atoms with Crippen molar-refractivity contribution >= 4 is 23.5 Å². The highest BCUT2D eigenvalue weighted by Gasteiger charge is 2.06. The van der Waals surface area contributed by atoms with E-state index < -0.39 is 5.97 Å². The number of carbonyl (C=O) groups is 2. The zero-order chi connectivity index (χ0) is 12.7. The minimum absolute atomic E-state index is 0.0250. The lowest BCUT2D eigenvalue weighted by molar-refractivity contribution is -0.129. The van der Waals surface area contributed by atoms with Crippen LogP contribution in [-0.2, 0) is 9.59 Å². The summed E-state index contributed by atoms with van der Waals surface area (Å²) in [6.07, 6.45) is 1.72. The predicted octanol–water partition coefficient (Wildman–Crippen LogP) is 0.948. The van der Waals surface area contributed by atoms with E-state index in [1.54, 1.807) is 19.9 Å². The number of hydrogen-bond donors (Lipinski definition) is 2. The fourth-order valence-electron chi connectivity index (χ4n) is 0.677. The van der Waals surface area contributed by atoms with Crippen molar-refractivity contribution in [2.75, 3.05) is 0 Å². The van der Waals surface area contributed by atoms with Crippen molar-refractivity contribution in [2.24, 2.45) is 9.98 Å². The molecule has 0 heterocycles. The number of allylic oxidation sites excluding steroid dienone is 2. The summed E-state index contributed by atoms with van der Waals surface area (Å²) in [5.41, 5.74) is 0.488. The second-order valence-corrected chi connectivity index (χ2v) is 3.05. The summed E-state index contributed by atoms with van der Waals surface area (Å²) in [5, 5.41) is 11.0. The Morgan fingerprint density at radius 2 is 1.75 bits per heavy atom. The number of aliphatic imine (C=N–C) groups is 2. The molecule has 6 heteroatoms. The first kappa shape index (κ1) is 14.0. The predicted molar refractivity (Wildman–Crippen MR) is 61.4 cm³/mol. The van der Waals surface area contributed by atoms with Gasteiger partial charge in [-0.3, -0.25) is 10.1 Å². The summed E-state index contributed by atoms with van der Waals surface area (Å²) in [5.74, 6) is -1.54. The Morgan fingerprint density at radius 3 is 2.12 bits per heavy atom. The smallest absolute Gasteiger partial charge is 0.350 e. The summed E-state index contributed by atoms with van der Waals surface area (Å²) in [7, 11) is 0. The van der Waals surface area contributed by atoms with Gasteiger partial charge in [0, 0.05) is 12.6 Å². The molecule has 1 amide bonds. The van der Waals surface area contributed by atoms with Gasteiger partial charge in [-0.15, -0.1) is 0 Å². The second kappa shape index (κ2) is 6.49. The molecular formula is C10H15N3O3. The molecule has 6 nitrogen and oxygen atoms in total. The molecule has 16 heavy (non-hydrogen) atoms. The highest BCUT2D eigenvalue weighted by atomic mass is 16.4. The Bertz CT molecular complexity index is 381. The summed E-state index contributed by atoms with van der Waals surface area (Å²) < 4.78 is 0. The first-order valence-corrected chi connectivity index (χ1v) is 4.64. The summed E-state index contributed by atoms with van der Waals surface area (Å²) >= 11 is 0. The highest BCUT2D eigenvalue weighted by Crippen LogP contribution is 1.95. The van der Waals surface area contributed by atoms with Gasteiger partial charge < -0.3 is 5.11 Å². The quantitative estimate of drug-likeness (QED) is 0.541. The topological polar surface area (TPSA) is 91.1 Å². The van der Waals surface area contributed by atoms with Crippen molar-refractivity contribution in [2.45, 2.75) is 27.7 Å². The Morgan fingerprint density at radius 1 is 1.19 bits per heavy atom. The average molecular weight is 225 g/mol. The first-order valence-electron chi connectivity index (χ1n) is 4.64. The molecule has 88 valence electrons. The summed E-state index contributed by atoms with van der Waals surface area (Å²) in [6, 6.07) is 0. The molecule has 0 aromatic carbocycles. The van der Waals surface area contributed by atoms with Crippen molar-refractivity contribution in [1.82, 2.24) is 5.32 Å². The molecule has 0 aliphatic carbocycles. The lowest BCUT2D eigenvalue weighted by Gasteiger charge is -2.02. The molecular weight excluding hydrogens is 210 g/mol. The maximum absolute atomic E-state index is 10.8. The van der Waals surface area contributed by atoms with Crippen LogP contribution in [0.15, 0.2) is 21.8 Å². The fraction of sp³-hybridized carbons (Fsp3) is 0.400. The molecule has 0 radical (unpaired) electrons. The van der Waals surface area contributed by atoms with E-state index in [1.165, 1.54) is 13.8 Å². The lowest BCUT2D eigenvalue weighted by Crippen LogP contribution is -2.28. The molecule has 0 rings (SSSR count). The number of aliphatic carboxylic acids is 1. The third kappa shape index (κ3) is 5.69. The number of carbonyl (C=O) groups excluding carboxylic acids is 1. The van der Waals surface area contributed by atoms with Gasteiger partial charge in [-0.25, -0.2) is 14.8 Å². The van der Waals surface area contributed by atoms with Crippen molar-refractivity contribution < 1.29 is 14.7 Å². The number of hydrogen-bond acceptors (Lipinski definition) is 3. The zero-order valence-electron chi connectivity index (χ0n) is 9.74. The Kier molecular flexibility index (Phi) is 5.69. The minimum atomic E-state index is -1.16. The van der Waals surface area contributed by atoms with Gasteiger partial charge in [0.25, 0.3) is 0 Å². The molecule has 0 atom stereocenters. The van der Waals surface area contributed by atoms with Crippen LogP contribution in [0.5, 0.6) is 0 Å². The van der Waals surface area contributed by atoms with Crippen LogP contribution in [0.3, 0.4) is 0 Å². The van der Waals surface area contributed by atoms with E-state index in [0.717, 1.165) is 0 Å². The van der Waals surface area contributed by atoms with E-state index in [4.69, 9.17) is 5.11 Å². The number of carboxylic acid groups (broad SMARTS) is 1. The SMILES string of the molecule is C\C=C(C)/N=C(\N=C(/C)C(=O)O)NC(C)=O. The van der Waals surface area contributed by atoms with Gasteiger partial charge in [-0.05, 0) is 20.8 Å². The number of amides is 1. The van der Waals surface area contributed by atoms with Gasteiger partial charge >= 0.3 is 5.97 Å². The van der Waals surface area contributed by atoms with Crippen molar-refractivity contribution in [3.63, 3.8) is 0 Å². The standard InChI is InChI=1S/C10H15N3O3/c1-5-6(2)11-10(13-8(4)14)12-7(3)9(15)16/h5H,1-4H3,(H,15,16)(H,11,13,14)/b6-5-,12-7+. The number of nitrogens with one attached hydrogen (secondary N) is 1. The molecule has 0 unspecified atom stereocenters. The number of rotatable bonds is 2. The summed E-state index contributed by atoms with van der Waals surface area (Å²) in [6.45, 7) is 6.11. The van der Waals surface area contributed by atoms with E-state index in [1.807, 2.05) is 0 Å². The maximum Gasteiger partial charge on any atom is 0.350 e. The highest BCUT2D eigenvalue weighted by molar-refractivity contribution is 6.36. The monoisotopic (exact) mass is 225 g/mol. The largest absolute Gasteiger partial charge is 0.477 e. The average Bonchev–Trinajstić information content (AvgIpc) is 2.16.